The van der Waals surface area contributed by atoms with Crippen molar-refractivity contribution in [3.63, 3.8) is 0 Å². The lowest BCUT2D eigenvalue weighted by molar-refractivity contribution is -0.133. The van der Waals surface area contributed by atoms with Gasteiger partial charge in [-0.3, -0.25) is 4.79 Å². The molecule has 4 heteroatoms. The summed E-state index contributed by atoms with van der Waals surface area (Å²) >= 11 is 0. The standard InChI is InChI=1S/C14H28N2O.ClH/c1-12(2)11-13-7-5-4-6-10-16(13)14(17)8-9-15-3;/h12-13,15H,4-11H2,1-3H3;1H. The summed E-state index contributed by atoms with van der Waals surface area (Å²) in [5.74, 6) is 1.02. The number of hydrogen-bond acceptors (Lipinski definition) is 2. The van der Waals surface area contributed by atoms with Crippen LogP contribution in [0, 0.1) is 5.92 Å². The average molecular weight is 277 g/mol. The van der Waals surface area contributed by atoms with Gasteiger partial charge in [0.15, 0.2) is 0 Å². The van der Waals surface area contributed by atoms with Crippen molar-refractivity contribution in [2.24, 2.45) is 5.92 Å². The molecule has 1 N–H and O–H groups in total. The average Bonchev–Trinajstić information content (AvgIpc) is 2.50. The molecule has 0 aromatic carbocycles. The van der Waals surface area contributed by atoms with E-state index in [1.807, 2.05) is 7.05 Å². The van der Waals surface area contributed by atoms with E-state index in [0.717, 1.165) is 19.5 Å². The van der Waals surface area contributed by atoms with E-state index >= 15 is 0 Å². The van der Waals surface area contributed by atoms with Gasteiger partial charge in [0.25, 0.3) is 0 Å². The van der Waals surface area contributed by atoms with Gasteiger partial charge in [0.2, 0.25) is 5.91 Å². The molecule has 1 heterocycles. The van der Waals surface area contributed by atoms with Gasteiger partial charge in [0, 0.05) is 25.6 Å². The lowest BCUT2D eigenvalue weighted by Crippen LogP contribution is -2.41. The first-order valence-corrected chi connectivity index (χ1v) is 7.09. The van der Waals surface area contributed by atoms with Gasteiger partial charge >= 0.3 is 0 Å². The summed E-state index contributed by atoms with van der Waals surface area (Å²) in [7, 11) is 1.90. The minimum absolute atomic E-state index is 0. The molecule has 1 amide bonds. The first-order valence-electron chi connectivity index (χ1n) is 7.09. The Hall–Kier alpha value is -0.280. The molecule has 0 spiro atoms. The summed E-state index contributed by atoms with van der Waals surface area (Å²) in [5.41, 5.74) is 0. The van der Waals surface area contributed by atoms with Crippen molar-refractivity contribution in [1.29, 1.82) is 0 Å². The zero-order valence-corrected chi connectivity index (χ0v) is 12.9. The number of amides is 1. The monoisotopic (exact) mass is 276 g/mol. The van der Waals surface area contributed by atoms with Crippen LogP contribution in [0.3, 0.4) is 0 Å². The summed E-state index contributed by atoms with van der Waals surface area (Å²) in [6.07, 6.45) is 6.75. The Balaban J connectivity index is 0.00000289. The largest absolute Gasteiger partial charge is 0.340 e. The van der Waals surface area contributed by atoms with Gasteiger partial charge in [-0.25, -0.2) is 0 Å². The molecule has 18 heavy (non-hydrogen) atoms. The van der Waals surface area contributed by atoms with Crippen molar-refractivity contribution in [3.05, 3.63) is 0 Å². The topological polar surface area (TPSA) is 32.3 Å². The highest BCUT2D eigenvalue weighted by molar-refractivity contribution is 5.85. The molecule has 108 valence electrons. The van der Waals surface area contributed by atoms with E-state index in [2.05, 4.69) is 24.1 Å². The molecule has 1 aliphatic heterocycles. The highest BCUT2D eigenvalue weighted by Gasteiger charge is 2.25. The third kappa shape index (κ3) is 6.05. The van der Waals surface area contributed by atoms with E-state index in [9.17, 15) is 4.79 Å². The van der Waals surface area contributed by atoms with Crippen LogP contribution in [-0.4, -0.2) is 37.0 Å². The van der Waals surface area contributed by atoms with Crippen LogP contribution in [0.2, 0.25) is 0 Å². The molecule has 0 aromatic heterocycles. The van der Waals surface area contributed by atoms with E-state index in [1.54, 1.807) is 0 Å². The summed E-state index contributed by atoms with van der Waals surface area (Å²) in [5, 5.41) is 3.06. The lowest BCUT2D eigenvalue weighted by Gasteiger charge is -2.31. The third-order valence-corrected chi connectivity index (χ3v) is 3.53. The smallest absolute Gasteiger partial charge is 0.224 e. The summed E-state index contributed by atoms with van der Waals surface area (Å²) < 4.78 is 0. The van der Waals surface area contributed by atoms with E-state index in [4.69, 9.17) is 0 Å². The molecule has 0 radical (unpaired) electrons. The van der Waals surface area contributed by atoms with Gasteiger partial charge in [-0.1, -0.05) is 26.7 Å². The predicted octanol–water partition coefficient (Wildman–Crippen LogP) is 2.84. The van der Waals surface area contributed by atoms with E-state index in [-0.39, 0.29) is 12.4 Å². The molecule has 1 saturated heterocycles. The Bertz CT molecular complexity index is 234. The molecular formula is C14H29ClN2O. The number of nitrogens with one attached hydrogen (secondary N) is 1. The molecule has 3 nitrogen and oxygen atoms in total. The third-order valence-electron chi connectivity index (χ3n) is 3.53. The second-order valence-electron chi connectivity index (χ2n) is 5.57. The van der Waals surface area contributed by atoms with Crippen LogP contribution in [0.4, 0.5) is 0 Å². The Morgan fingerprint density at radius 2 is 2.06 bits per heavy atom. The molecular weight excluding hydrogens is 248 g/mol. The van der Waals surface area contributed by atoms with Gasteiger partial charge in [0.1, 0.15) is 0 Å². The van der Waals surface area contributed by atoms with Crippen LogP contribution < -0.4 is 5.32 Å². The van der Waals surface area contributed by atoms with Crippen LogP contribution in [-0.2, 0) is 4.79 Å². The first-order chi connectivity index (χ1) is 8.15. The Morgan fingerprint density at radius 1 is 1.33 bits per heavy atom. The fourth-order valence-electron chi connectivity index (χ4n) is 2.67. The summed E-state index contributed by atoms with van der Waals surface area (Å²) in [6, 6.07) is 0.488. The van der Waals surface area contributed by atoms with Gasteiger partial charge in [-0.05, 0) is 32.2 Å². The van der Waals surface area contributed by atoms with Crippen molar-refractivity contribution < 1.29 is 4.79 Å². The predicted molar refractivity (Wildman–Crippen MR) is 79.2 cm³/mol. The Labute approximate surface area is 118 Å². The lowest BCUT2D eigenvalue weighted by atomic mass is 9.98. The van der Waals surface area contributed by atoms with Crippen LogP contribution in [0.15, 0.2) is 0 Å². The quantitative estimate of drug-likeness (QED) is 0.837. The maximum absolute atomic E-state index is 12.2. The fraction of sp³-hybridized carbons (Fsp3) is 0.929. The number of carbonyl (C=O) groups excluding carboxylic acids is 1. The molecule has 1 aliphatic rings. The van der Waals surface area contributed by atoms with Crippen molar-refractivity contribution in [3.8, 4) is 0 Å². The number of likely N-dealkylation sites (tertiary alicyclic amines) is 1. The number of nitrogens with zero attached hydrogens (tertiary/aromatic N) is 1. The number of rotatable bonds is 5. The normalized spacial score (nSPS) is 20.4. The zero-order valence-electron chi connectivity index (χ0n) is 12.1. The van der Waals surface area contributed by atoms with Crippen LogP contribution in [0.5, 0.6) is 0 Å². The second-order valence-corrected chi connectivity index (χ2v) is 5.57. The highest BCUT2D eigenvalue weighted by Crippen LogP contribution is 2.22. The van der Waals surface area contributed by atoms with Gasteiger partial charge < -0.3 is 10.2 Å². The molecule has 0 saturated carbocycles. The van der Waals surface area contributed by atoms with E-state index < -0.39 is 0 Å². The van der Waals surface area contributed by atoms with Gasteiger partial charge in [-0.2, -0.15) is 0 Å². The number of halogens is 1. The van der Waals surface area contributed by atoms with Crippen LogP contribution in [0.1, 0.15) is 52.4 Å². The van der Waals surface area contributed by atoms with Gasteiger partial charge in [0.05, 0.1) is 0 Å². The van der Waals surface area contributed by atoms with Crippen LogP contribution in [0.25, 0.3) is 0 Å². The Kier molecular flexibility index (Phi) is 9.47. The van der Waals surface area contributed by atoms with Crippen molar-refractivity contribution >= 4 is 18.3 Å². The minimum Gasteiger partial charge on any atom is -0.340 e. The molecule has 1 atom stereocenters. The van der Waals surface area contributed by atoms with Crippen molar-refractivity contribution in [1.82, 2.24) is 10.2 Å². The van der Waals surface area contributed by atoms with Crippen molar-refractivity contribution in [2.75, 3.05) is 20.1 Å². The minimum atomic E-state index is 0. The molecule has 1 fully saturated rings. The van der Waals surface area contributed by atoms with E-state index in [0.29, 0.717) is 24.3 Å². The van der Waals surface area contributed by atoms with Crippen molar-refractivity contribution in [2.45, 2.75) is 58.4 Å². The molecule has 0 aliphatic carbocycles. The van der Waals surface area contributed by atoms with E-state index in [1.165, 1.54) is 25.7 Å². The zero-order chi connectivity index (χ0) is 12.7. The first kappa shape index (κ1) is 17.7. The van der Waals surface area contributed by atoms with Gasteiger partial charge in [-0.15, -0.1) is 12.4 Å². The molecule has 1 unspecified atom stereocenters. The Morgan fingerprint density at radius 3 is 2.67 bits per heavy atom. The maximum Gasteiger partial charge on any atom is 0.224 e. The number of hydrogen-bond donors (Lipinski definition) is 1. The molecule has 0 aromatic rings. The molecule has 1 rings (SSSR count). The maximum atomic E-state index is 12.2. The van der Waals surface area contributed by atoms with Crippen LogP contribution >= 0.6 is 12.4 Å². The highest BCUT2D eigenvalue weighted by atomic mass is 35.5. The summed E-state index contributed by atoms with van der Waals surface area (Å²) in [6.45, 7) is 6.27. The fourth-order valence-corrected chi connectivity index (χ4v) is 2.67. The SMILES string of the molecule is CNCCC(=O)N1CCCCCC1CC(C)C.Cl. The second kappa shape index (κ2) is 9.62. The summed E-state index contributed by atoms with van der Waals surface area (Å²) in [4.78, 5) is 14.3. The molecule has 0 bridgehead atoms. The number of carbonyl (C=O) groups is 1.